The molecule has 4 heterocycles. The van der Waals surface area contributed by atoms with E-state index in [0.29, 0.717) is 16.9 Å². The van der Waals surface area contributed by atoms with Crippen molar-refractivity contribution < 1.29 is 0 Å². The third-order valence-electron chi connectivity index (χ3n) is 7.12. The Bertz CT molecular complexity index is 897. The first kappa shape index (κ1) is 20.3. The average molecular weight is 446 g/mol. The minimum Gasteiger partial charge on any atom is -0.382 e. The minimum atomic E-state index is 0.271. The van der Waals surface area contributed by atoms with E-state index in [1.165, 1.54) is 37.6 Å². The number of halogens is 1. The SMILES string of the molecule is Nc1nccc(Sc2cnc(N3CCC4(CC3)CN(C3CCC3)C[C@H]4N)cn2)c1Cl. The third-order valence-corrected chi connectivity index (χ3v) is 8.61. The highest BCUT2D eigenvalue weighted by atomic mass is 35.5. The molecular formula is C21H28ClN7S. The minimum absolute atomic E-state index is 0.271. The second-order valence-electron chi connectivity index (χ2n) is 8.79. The van der Waals surface area contributed by atoms with Crippen LogP contribution in [0.2, 0.25) is 5.02 Å². The predicted molar refractivity (Wildman–Crippen MR) is 121 cm³/mol. The standard InChI is InChI=1S/C21H28ClN7S/c22-19-15(4-7-25-20(19)24)30-18-11-26-17(10-27-18)28-8-5-21(6-9-28)13-29(12-16(21)23)14-2-1-3-14/h4,7,10-11,14,16H,1-3,5-6,8-9,12-13,23H2,(H2,24,25)/t16-/m1/s1. The lowest BCUT2D eigenvalue weighted by Crippen LogP contribution is -2.49. The molecule has 30 heavy (non-hydrogen) atoms. The van der Waals surface area contributed by atoms with Crippen LogP contribution in [-0.2, 0) is 0 Å². The van der Waals surface area contributed by atoms with Gasteiger partial charge in [-0.05, 0) is 31.7 Å². The molecule has 5 rings (SSSR count). The van der Waals surface area contributed by atoms with Gasteiger partial charge in [-0.25, -0.2) is 15.0 Å². The Morgan fingerprint density at radius 2 is 1.93 bits per heavy atom. The van der Waals surface area contributed by atoms with E-state index in [-0.39, 0.29) is 5.41 Å². The maximum atomic E-state index is 6.64. The number of likely N-dealkylation sites (tertiary alicyclic amines) is 1. The van der Waals surface area contributed by atoms with E-state index in [0.717, 1.165) is 54.3 Å². The molecule has 7 nitrogen and oxygen atoms in total. The molecule has 160 valence electrons. The van der Waals surface area contributed by atoms with Crippen molar-refractivity contribution in [3.63, 3.8) is 0 Å². The lowest BCUT2D eigenvalue weighted by molar-refractivity contribution is 0.126. The van der Waals surface area contributed by atoms with E-state index in [9.17, 15) is 0 Å². The van der Waals surface area contributed by atoms with Crippen molar-refractivity contribution in [2.45, 2.75) is 54.1 Å². The number of anilines is 2. The van der Waals surface area contributed by atoms with E-state index in [4.69, 9.17) is 23.1 Å². The highest BCUT2D eigenvalue weighted by Crippen LogP contribution is 2.43. The van der Waals surface area contributed by atoms with E-state index >= 15 is 0 Å². The molecule has 2 aromatic heterocycles. The molecular weight excluding hydrogens is 418 g/mol. The largest absolute Gasteiger partial charge is 0.382 e. The summed E-state index contributed by atoms with van der Waals surface area (Å²) < 4.78 is 0. The summed E-state index contributed by atoms with van der Waals surface area (Å²) in [6.07, 6.45) is 11.6. The Labute approximate surface area is 186 Å². The van der Waals surface area contributed by atoms with Crippen LogP contribution in [0.15, 0.2) is 34.6 Å². The first-order valence-corrected chi connectivity index (χ1v) is 11.9. The van der Waals surface area contributed by atoms with E-state index in [1.54, 1.807) is 12.4 Å². The van der Waals surface area contributed by atoms with Crippen molar-refractivity contribution in [3.05, 3.63) is 29.7 Å². The lowest BCUT2D eigenvalue weighted by Gasteiger charge is -2.42. The summed E-state index contributed by atoms with van der Waals surface area (Å²) in [6, 6.07) is 2.91. The highest BCUT2D eigenvalue weighted by Gasteiger charge is 2.48. The molecule has 1 aliphatic carbocycles. The van der Waals surface area contributed by atoms with E-state index < -0.39 is 0 Å². The quantitative estimate of drug-likeness (QED) is 0.741. The van der Waals surface area contributed by atoms with Crippen LogP contribution in [0.3, 0.4) is 0 Å². The maximum Gasteiger partial charge on any atom is 0.147 e. The molecule has 1 spiro atoms. The summed E-state index contributed by atoms with van der Waals surface area (Å²) in [5.74, 6) is 1.26. The number of hydrogen-bond donors (Lipinski definition) is 2. The molecule has 0 radical (unpaired) electrons. The molecule has 0 aromatic carbocycles. The predicted octanol–water partition coefficient (Wildman–Crippen LogP) is 3.04. The summed E-state index contributed by atoms with van der Waals surface area (Å²) in [6.45, 7) is 4.21. The Morgan fingerprint density at radius 3 is 2.60 bits per heavy atom. The summed E-state index contributed by atoms with van der Waals surface area (Å²) in [7, 11) is 0. The molecule has 3 aliphatic rings. The zero-order chi connectivity index (χ0) is 20.7. The van der Waals surface area contributed by atoms with Crippen LogP contribution in [0.4, 0.5) is 11.6 Å². The zero-order valence-corrected chi connectivity index (χ0v) is 18.6. The van der Waals surface area contributed by atoms with Crippen LogP contribution < -0.4 is 16.4 Å². The van der Waals surface area contributed by atoms with Crippen molar-refractivity contribution in [2.24, 2.45) is 11.1 Å². The van der Waals surface area contributed by atoms with Crippen LogP contribution in [0.1, 0.15) is 32.1 Å². The average Bonchev–Trinajstić information content (AvgIpc) is 3.00. The number of rotatable bonds is 4. The Hall–Kier alpha value is -1.61. The fraction of sp³-hybridized carbons (Fsp3) is 0.571. The number of nitrogens with two attached hydrogens (primary N) is 2. The molecule has 1 saturated carbocycles. The fourth-order valence-electron chi connectivity index (χ4n) is 4.93. The van der Waals surface area contributed by atoms with E-state index in [1.807, 2.05) is 12.3 Å². The number of aromatic nitrogens is 3. The fourth-order valence-corrected chi connectivity index (χ4v) is 5.92. The molecule has 0 unspecified atom stereocenters. The second kappa shape index (κ2) is 8.15. The molecule has 4 N–H and O–H groups in total. The van der Waals surface area contributed by atoms with Gasteiger partial charge in [-0.1, -0.05) is 29.8 Å². The highest BCUT2D eigenvalue weighted by molar-refractivity contribution is 7.99. The number of pyridine rings is 1. The molecule has 2 saturated heterocycles. The van der Waals surface area contributed by atoms with Crippen LogP contribution in [0, 0.1) is 5.41 Å². The molecule has 9 heteroatoms. The molecule has 0 amide bonds. The maximum absolute atomic E-state index is 6.64. The van der Waals surface area contributed by atoms with Crippen LogP contribution >= 0.6 is 23.4 Å². The van der Waals surface area contributed by atoms with Crippen LogP contribution in [0.5, 0.6) is 0 Å². The van der Waals surface area contributed by atoms with Crippen molar-refractivity contribution in [1.29, 1.82) is 0 Å². The van der Waals surface area contributed by atoms with Gasteiger partial charge in [0, 0.05) is 54.8 Å². The van der Waals surface area contributed by atoms with Crippen molar-refractivity contribution in [2.75, 3.05) is 36.8 Å². The third kappa shape index (κ3) is 3.75. The number of hydrogen-bond acceptors (Lipinski definition) is 8. The molecule has 1 atom stereocenters. The Morgan fingerprint density at radius 1 is 1.13 bits per heavy atom. The number of nitrogen functional groups attached to an aromatic ring is 1. The van der Waals surface area contributed by atoms with Crippen molar-refractivity contribution in [3.8, 4) is 0 Å². The van der Waals surface area contributed by atoms with Crippen LogP contribution in [-0.4, -0.2) is 58.1 Å². The molecule has 3 fully saturated rings. The van der Waals surface area contributed by atoms with Gasteiger partial charge in [0.2, 0.25) is 0 Å². The summed E-state index contributed by atoms with van der Waals surface area (Å²) in [5, 5.41) is 1.24. The molecule has 2 aliphatic heterocycles. The van der Waals surface area contributed by atoms with Gasteiger partial charge in [0.1, 0.15) is 16.7 Å². The lowest BCUT2D eigenvalue weighted by atomic mass is 9.75. The Balaban J connectivity index is 1.21. The Kier molecular flexibility index (Phi) is 5.51. The van der Waals surface area contributed by atoms with E-state index in [2.05, 4.69) is 24.8 Å². The van der Waals surface area contributed by atoms with Gasteiger partial charge >= 0.3 is 0 Å². The van der Waals surface area contributed by atoms with Gasteiger partial charge in [-0.15, -0.1) is 0 Å². The summed E-state index contributed by atoms with van der Waals surface area (Å²) in [5.41, 5.74) is 12.7. The summed E-state index contributed by atoms with van der Waals surface area (Å²) in [4.78, 5) is 19.1. The summed E-state index contributed by atoms with van der Waals surface area (Å²) >= 11 is 7.68. The van der Waals surface area contributed by atoms with Gasteiger partial charge in [0.15, 0.2) is 0 Å². The van der Waals surface area contributed by atoms with Gasteiger partial charge < -0.3 is 16.4 Å². The van der Waals surface area contributed by atoms with Gasteiger partial charge in [-0.2, -0.15) is 0 Å². The van der Waals surface area contributed by atoms with Crippen LogP contribution in [0.25, 0.3) is 0 Å². The smallest absolute Gasteiger partial charge is 0.147 e. The second-order valence-corrected chi connectivity index (χ2v) is 10.2. The van der Waals surface area contributed by atoms with Gasteiger partial charge in [0.05, 0.1) is 17.4 Å². The number of nitrogens with zero attached hydrogens (tertiary/aromatic N) is 5. The van der Waals surface area contributed by atoms with Gasteiger partial charge in [0.25, 0.3) is 0 Å². The normalized spacial score (nSPS) is 24.3. The number of piperidine rings is 1. The van der Waals surface area contributed by atoms with Crippen molar-refractivity contribution >= 4 is 35.0 Å². The topological polar surface area (TPSA) is 97.2 Å². The monoisotopic (exact) mass is 445 g/mol. The molecule has 2 aromatic rings. The first-order chi connectivity index (χ1) is 14.5. The van der Waals surface area contributed by atoms with Gasteiger partial charge in [-0.3, -0.25) is 4.90 Å². The first-order valence-electron chi connectivity index (χ1n) is 10.7. The zero-order valence-electron chi connectivity index (χ0n) is 17.0. The van der Waals surface area contributed by atoms with Crippen molar-refractivity contribution in [1.82, 2.24) is 19.9 Å². The molecule has 0 bridgehead atoms.